The first-order valence-corrected chi connectivity index (χ1v) is 9.34. The Bertz CT molecular complexity index is 538. The van der Waals surface area contributed by atoms with Crippen LogP contribution in [0.3, 0.4) is 0 Å². The van der Waals surface area contributed by atoms with Crippen molar-refractivity contribution in [1.29, 1.82) is 0 Å². The molecule has 2 heterocycles. The molecule has 1 N–H and O–H groups in total. The van der Waals surface area contributed by atoms with E-state index in [-0.39, 0.29) is 17.6 Å². The molecular weight excluding hydrogens is 310 g/mol. The number of aryl methyl sites for hydroxylation is 1. The second-order valence-corrected chi connectivity index (χ2v) is 7.71. The number of thioether (sulfide) groups is 1. The molecule has 2 aliphatic heterocycles. The fourth-order valence-electron chi connectivity index (χ4n) is 3.38. The highest BCUT2D eigenvalue weighted by molar-refractivity contribution is 8.00. The molecule has 2 fully saturated rings. The first kappa shape index (κ1) is 16.8. The molecule has 1 amide bonds. The molecule has 3 rings (SSSR count). The highest BCUT2D eigenvalue weighted by Crippen LogP contribution is 2.35. The Hall–Kier alpha value is -1.04. The van der Waals surface area contributed by atoms with Crippen LogP contribution in [0.1, 0.15) is 31.2 Å². The number of amides is 1. The number of hydrogen-bond acceptors (Lipinski definition) is 4. The smallest absolute Gasteiger partial charge is 0.232 e. The SMILES string of the molecule is Cc1ccc(SCC(=O)N2CCC3(CC2)CC(O)CCO3)cc1. The number of hydrogen-bond donors (Lipinski definition) is 1. The van der Waals surface area contributed by atoms with Gasteiger partial charge in [0.2, 0.25) is 5.91 Å². The molecule has 2 saturated heterocycles. The molecular formula is C18H25NO3S. The number of likely N-dealkylation sites (tertiary alicyclic amines) is 1. The van der Waals surface area contributed by atoms with Crippen molar-refractivity contribution in [3.8, 4) is 0 Å². The number of benzene rings is 1. The van der Waals surface area contributed by atoms with Gasteiger partial charge in [-0.15, -0.1) is 11.8 Å². The van der Waals surface area contributed by atoms with Gasteiger partial charge in [-0.2, -0.15) is 0 Å². The zero-order valence-corrected chi connectivity index (χ0v) is 14.5. The monoisotopic (exact) mass is 335 g/mol. The molecule has 1 aromatic carbocycles. The van der Waals surface area contributed by atoms with Gasteiger partial charge in [0.1, 0.15) is 0 Å². The fourth-order valence-corrected chi connectivity index (χ4v) is 4.19. The molecule has 23 heavy (non-hydrogen) atoms. The average Bonchev–Trinajstić information content (AvgIpc) is 2.54. The summed E-state index contributed by atoms with van der Waals surface area (Å²) in [5, 5.41) is 9.87. The summed E-state index contributed by atoms with van der Waals surface area (Å²) in [4.78, 5) is 15.5. The van der Waals surface area contributed by atoms with Crippen molar-refractivity contribution in [2.75, 3.05) is 25.4 Å². The van der Waals surface area contributed by atoms with Crippen LogP contribution in [0.25, 0.3) is 0 Å². The summed E-state index contributed by atoms with van der Waals surface area (Å²) in [5.41, 5.74) is 1.04. The van der Waals surface area contributed by atoms with E-state index in [1.807, 2.05) is 4.90 Å². The first-order valence-electron chi connectivity index (χ1n) is 8.36. The van der Waals surface area contributed by atoms with E-state index in [0.29, 0.717) is 18.8 Å². The Kier molecular flexibility index (Phi) is 5.29. The molecule has 2 aliphatic rings. The van der Waals surface area contributed by atoms with Crippen LogP contribution >= 0.6 is 11.8 Å². The van der Waals surface area contributed by atoms with Crippen LogP contribution in [0.5, 0.6) is 0 Å². The lowest BCUT2D eigenvalue weighted by atomic mass is 9.83. The fraction of sp³-hybridized carbons (Fsp3) is 0.611. The standard InChI is InChI=1S/C18H25NO3S/c1-14-2-4-16(5-3-14)23-13-17(21)19-9-7-18(8-10-19)12-15(20)6-11-22-18/h2-5,15,20H,6-13H2,1H3. The molecule has 5 heteroatoms. The Morgan fingerprint density at radius 1 is 1.35 bits per heavy atom. The van der Waals surface area contributed by atoms with Gasteiger partial charge in [-0.25, -0.2) is 0 Å². The van der Waals surface area contributed by atoms with Gasteiger partial charge in [-0.05, 0) is 38.3 Å². The molecule has 0 saturated carbocycles. The zero-order valence-electron chi connectivity index (χ0n) is 13.7. The Morgan fingerprint density at radius 3 is 2.70 bits per heavy atom. The van der Waals surface area contributed by atoms with Crippen LogP contribution in [-0.2, 0) is 9.53 Å². The maximum Gasteiger partial charge on any atom is 0.232 e. The quantitative estimate of drug-likeness (QED) is 0.863. The molecule has 1 spiro atoms. The third-order valence-electron chi connectivity index (χ3n) is 4.88. The maximum atomic E-state index is 12.4. The largest absolute Gasteiger partial charge is 0.393 e. The summed E-state index contributed by atoms with van der Waals surface area (Å²) in [6.07, 6.45) is 2.88. The van der Waals surface area contributed by atoms with E-state index in [2.05, 4.69) is 31.2 Å². The minimum absolute atomic E-state index is 0.196. The second-order valence-electron chi connectivity index (χ2n) is 6.66. The third kappa shape index (κ3) is 4.28. The molecule has 1 atom stereocenters. The molecule has 0 bridgehead atoms. The van der Waals surface area contributed by atoms with Gasteiger partial charge in [0.15, 0.2) is 0 Å². The van der Waals surface area contributed by atoms with Crippen LogP contribution in [0, 0.1) is 6.92 Å². The van der Waals surface area contributed by atoms with Crippen LogP contribution < -0.4 is 0 Å². The molecule has 0 radical (unpaired) electrons. The van der Waals surface area contributed by atoms with Gasteiger partial charge in [0, 0.05) is 31.0 Å². The topological polar surface area (TPSA) is 49.8 Å². The number of piperidine rings is 1. The van der Waals surface area contributed by atoms with Crippen molar-refractivity contribution < 1.29 is 14.6 Å². The van der Waals surface area contributed by atoms with Gasteiger partial charge >= 0.3 is 0 Å². The molecule has 0 aromatic heterocycles. The summed E-state index contributed by atoms with van der Waals surface area (Å²) in [6, 6.07) is 8.28. The summed E-state index contributed by atoms with van der Waals surface area (Å²) in [7, 11) is 0. The Morgan fingerprint density at radius 2 is 2.04 bits per heavy atom. The van der Waals surface area contributed by atoms with Crippen LogP contribution in [0.4, 0.5) is 0 Å². The van der Waals surface area contributed by atoms with Gasteiger partial charge in [0.05, 0.1) is 17.5 Å². The molecule has 0 aliphatic carbocycles. The second kappa shape index (κ2) is 7.24. The van der Waals surface area contributed by atoms with Crippen molar-refractivity contribution >= 4 is 17.7 Å². The third-order valence-corrected chi connectivity index (χ3v) is 5.87. The van der Waals surface area contributed by atoms with Crippen LogP contribution in [-0.4, -0.2) is 53.1 Å². The van der Waals surface area contributed by atoms with E-state index < -0.39 is 0 Å². The van der Waals surface area contributed by atoms with Crippen LogP contribution in [0.15, 0.2) is 29.2 Å². The molecule has 1 unspecified atom stereocenters. The average molecular weight is 335 g/mol. The number of carbonyl (C=O) groups excluding carboxylic acids is 1. The highest BCUT2D eigenvalue weighted by atomic mass is 32.2. The Balaban J connectivity index is 1.47. The van der Waals surface area contributed by atoms with Crippen molar-refractivity contribution in [2.45, 2.75) is 49.2 Å². The minimum Gasteiger partial charge on any atom is -0.393 e. The lowest BCUT2D eigenvalue weighted by molar-refractivity contribution is -0.152. The number of rotatable bonds is 3. The predicted octanol–water partition coefficient (Wildman–Crippen LogP) is 2.62. The van der Waals surface area contributed by atoms with Crippen molar-refractivity contribution in [2.24, 2.45) is 0 Å². The number of carbonyl (C=O) groups is 1. The van der Waals surface area contributed by atoms with E-state index in [9.17, 15) is 9.90 Å². The van der Waals surface area contributed by atoms with Gasteiger partial charge < -0.3 is 14.7 Å². The number of ether oxygens (including phenoxy) is 1. The predicted molar refractivity (Wildman–Crippen MR) is 91.6 cm³/mol. The lowest BCUT2D eigenvalue weighted by Crippen LogP contribution is -2.52. The van der Waals surface area contributed by atoms with Gasteiger partial charge in [0.25, 0.3) is 0 Å². The van der Waals surface area contributed by atoms with Crippen molar-refractivity contribution in [3.05, 3.63) is 29.8 Å². The summed E-state index contributed by atoms with van der Waals surface area (Å²) in [6.45, 7) is 4.17. The van der Waals surface area contributed by atoms with Gasteiger partial charge in [-0.1, -0.05) is 17.7 Å². The van der Waals surface area contributed by atoms with Crippen molar-refractivity contribution in [1.82, 2.24) is 4.90 Å². The van der Waals surface area contributed by atoms with Crippen molar-refractivity contribution in [3.63, 3.8) is 0 Å². The van der Waals surface area contributed by atoms with E-state index in [0.717, 1.165) is 37.2 Å². The minimum atomic E-state index is -0.247. The summed E-state index contributed by atoms with van der Waals surface area (Å²) in [5.74, 6) is 0.682. The van der Waals surface area contributed by atoms with E-state index in [1.165, 1.54) is 5.56 Å². The normalized spacial score (nSPS) is 23.9. The lowest BCUT2D eigenvalue weighted by Gasteiger charge is -2.45. The van der Waals surface area contributed by atoms with E-state index >= 15 is 0 Å². The number of aliphatic hydroxyl groups excluding tert-OH is 1. The summed E-state index contributed by atoms with van der Waals surface area (Å²) >= 11 is 1.60. The zero-order chi connectivity index (χ0) is 16.3. The summed E-state index contributed by atoms with van der Waals surface area (Å²) < 4.78 is 5.94. The molecule has 126 valence electrons. The number of nitrogens with zero attached hydrogens (tertiary/aromatic N) is 1. The van der Waals surface area contributed by atoms with Crippen LogP contribution in [0.2, 0.25) is 0 Å². The molecule has 1 aromatic rings. The Labute approximate surface area is 142 Å². The maximum absolute atomic E-state index is 12.4. The molecule has 4 nitrogen and oxygen atoms in total. The number of aliphatic hydroxyl groups is 1. The van der Waals surface area contributed by atoms with E-state index in [4.69, 9.17) is 4.74 Å². The highest BCUT2D eigenvalue weighted by Gasteiger charge is 2.40. The first-order chi connectivity index (χ1) is 11.1. The van der Waals surface area contributed by atoms with Gasteiger partial charge in [-0.3, -0.25) is 4.79 Å². The van der Waals surface area contributed by atoms with E-state index in [1.54, 1.807) is 11.8 Å².